The van der Waals surface area contributed by atoms with E-state index in [1.54, 1.807) is 30.3 Å². The molecular weight excluding hydrogens is 339 g/mol. The van der Waals surface area contributed by atoms with Gasteiger partial charge < -0.3 is 14.2 Å². The van der Waals surface area contributed by atoms with E-state index in [9.17, 15) is 9.18 Å². The third-order valence-corrected chi connectivity index (χ3v) is 3.60. The fraction of sp³-hybridized carbons (Fsp3) is 0.105. The van der Waals surface area contributed by atoms with Crippen molar-refractivity contribution in [2.24, 2.45) is 0 Å². The molecule has 0 atom stereocenters. The molecule has 0 amide bonds. The van der Waals surface area contributed by atoms with Crippen LogP contribution < -0.4 is 14.2 Å². The van der Waals surface area contributed by atoms with Crippen molar-refractivity contribution in [1.82, 2.24) is 9.97 Å². The zero-order valence-electron chi connectivity index (χ0n) is 14.1. The molecule has 3 aromatic rings. The Morgan fingerprint density at radius 1 is 0.962 bits per heavy atom. The first kappa shape index (κ1) is 17.3. The predicted octanol–water partition coefficient (Wildman–Crippen LogP) is 3.90. The molecule has 26 heavy (non-hydrogen) atoms. The summed E-state index contributed by atoms with van der Waals surface area (Å²) in [7, 11) is 2.90. The predicted molar refractivity (Wildman–Crippen MR) is 92.4 cm³/mol. The summed E-state index contributed by atoms with van der Waals surface area (Å²) in [5.41, 5.74) is 1.34. The number of halogens is 1. The highest BCUT2D eigenvalue weighted by Crippen LogP contribution is 2.32. The molecule has 0 saturated carbocycles. The van der Waals surface area contributed by atoms with E-state index >= 15 is 0 Å². The van der Waals surface area contributed by atoms with E-state index in [0.29, 0.717) is 17.4 Å². The summed E-state index contributed by atoms with van der Waals surface area (Å²) in [5, 5.41) is 0. The van der Waals surface area contributed by atoms with E-state index < -0.39 is 5.82 Å². The molecule has 0 aliphatic carbocycles. The maximum atomic E-state index is 13.5. The first-order chi connectivity index (χ1) is 12.6. The van der Waals surface area contributed by atoms with E-state index in [1.807, 2.05) is 0 Å². The largest absolute Gasteiger partial charge is 0.481 e. The average molecular weight is 354 g/mol. The van der Waals surface area contributed by atoms with E-state index in [-0.39, 0.29) is 29.1 Å². The lowest BCUT2D eigenvalue weighted by Gasteiger charge is -2.12. The van der Waals surface area contributed by atoms with Crippen LogP contribution in [0.15, 0.2) is 48.5 Å². The third-order valence-electron chi connectivity index (χ3n) is 3.60. The Labute approximate surface area is 149 Å². The zero-order valence-corrected chi connectivity index (χ0v) is 14.1. The smallest absolute Gasteiger partial charge is 0.328 e. The first-order valence-electron chi connectivity index (χ1n) is 7.63. The molecule has 132 valence electrons. The number of carbonyl (C=O) groups is 1. The molecule has 0 fully saturated rings. The number of aromatic nitrogens is 2. The highest BCUT2D eigenvalue weighted by Gasteiger charge is 2.14. The van der Waals surface area contributed by atoms with E-state index in [1.165, 1.54) is 32.4 Å². The molecule has 1 aromatic heterocycles. The average Bonchev–Trinajstić information content (AvgIpc) is 2.67. The summed E-state index contributed by atoms with van der Waals surface area (Å²) >= 11 is 0. The van der Waals surface area contributed by atoms with Crippen LogP contribution in [0, 0.1) is 5.82 Å². The number of methoxy groups -OCH3 is 2. The van der Waals surface area contributed by atoms with E-state index in [0.717, 1.165) is 0 Å². The van der Waals surface area contributed by atoms with Crippen LogP contribution in [-0.2, 0) is 0 Å². The van der Waals surface area contributed by atoms with Gasteiger partial charge >= 0.3 is 6.01 Å². The second-order valence-corrected chi connectivity index (χ2v) is 5.18. The van der Waals surface area contributed by atoms with Crippen LogP contribution >= 0.6 is 0 Å². The summed E-state index contributed by atoms with van der Waals surface area (Å²) in [6.07, 6.45) is 0.646. The van der Waals surface area contributed by atoms with Crippen molar-refractivity contribution in [1.29, 1.82) is 0 Å². The number of nitrogens with zero attached hydrogens (tertiary/aromatic N) is 2. The van der Waals surface area contributed by atoms with Crippen LogP contribution in [0.5, 0.6) is 23.5 Å². The molecule has 0 aliphatic heterocycles. The van der Waals surface area contributed by atoms with Gasteiger partial charge in [-0.25, -0.2) is 4.39 Å². The normalized spacial score (nSPS) is 10.3. The van der Waals surface area contributed by atoms with Gasteiger partial charge in [0.1, 0.15) is 11.6 Å². The zero-order chi connectivity index (χ0) is 18.5. The van der Waals surface area contributed by atoms with Gasteiger partial charge in [-0.3, -0.25) is 4.79 Å². The molecular formula is C19H15FN2O4. The van der Waals surface area contributed by atoms with Crippen LogP contribution in [-0.4, -0.2) is 30.5 Å². The Kier molecular flexibility index (Phi) is 5.07. The minimum atomic E-state index is -0.397. The molecule has 7 heteroatoms. The number of rotatable bonds is 6. The van der Waals surface area contributed by atoms with Gasteiger partial charge in [0.15, 0.2) is 6.29 Å². The van der Waals surface area contributed by atoms with Gasteiger partial charge in [-0.2, -0.15) is 9.97 Å². The Balaban J connectivity index is 2.04. The maximum absolute atomic E-state index is 13.5. The minimum Gasteiger partial charge on any atom is -0.481 e. The van der Waals surface area contributed by atoms with Gasteiger partial charge in [-0.1, -0.05) is 24.3 Å². The molecule has 0 N–H and O–H groups in total. The van der Waals surface area contributed by atoms with Crippen molar-refractivity contribution in [3.63, 3.8) is 0 Å². The Bertz CT molecular complexity index is 924. The minimum absolute atomic E-state index is 0.0410. The van der Waals surface area contributed by atoms with Crippen molar-refractivity contribution in [2.45, 2.75) is 0 Å². The molecule has 2 aromatic carbocycles. The molecule has 0 radical (unpaired) electrons. The van der Waals surface area contributed by atoms with Crippen molar-refractivity contribution >= 4 is 6.29 Å². The maximum Gasteiger partial charge on any atom is 0.328 e. The van der Waals surface area contributed by atoms with Gasteiger partial charge in [0.05, 0.1) is 25.8 Å². The van der Waals surface area contributed by atoms with Crippen LogP contribution in [0.25, 0.3) is 11.1 Å². The quantitative estimate of drug-likeness (QED) is 0.625. The van der Waals surface area contributed by atoms with Gasteiger partial charge in [-0.15, -0.1) is 0 Å². The summed E-state index contributed by atoms with van der Waals surface area (Å²) in [5.74, 6) is 0.338. The van der Waals surface area contributed by atoms with Gasteiger partial charge in [0, 0.05) is 0 Å². The summed E-state index contributed by atoms with van der Waals surface area (Å²) in [4.78, 5) is 19.8. The molecule has 0 unspecified atom stereocenters. The second kappa shape index (κ2) is 7.60. The monoisotopic (exact) mass is 354 g/mol. The number of hydrogen-bond donors (Lipinski definition) is 0. The molecule has 0 spiro atoms. The highest BCUT2D eigenvalue weighted by molar-refractivity contribution is 5.91. The first-order valence-corrected chi connectivity index (χ1v) is 7.63. The van der Waals surface area contributed by atoms with Crippen LogP contribution in [0.3, 0.4) is 0 Å². The van der Waals surface area contributed by atoms with E-state index in [4.69, 9.17) is 14.2 Å². The Morgan fingerprint density at radius 3 is 2.27 bits per heavy atom. The standard InChI is InChI=1S/C19H15FN2O4/c1-24-17-10-18(25-2)22-19(21-17)26-16-8-4-7-14(15(16)11-23)12-5-3-6-13(20)9-12/h3-11H,1-2H3. The summed E-state index contributed by atoms with van der Waals surface area (Å²) < 4.78 is 29.4. The second-order valence-electron chi connectivity index (χ2n) is 5.18. The SMILES string of the molecule is COc1cc(OC)nc(Oc2cccc(-c3cccc(F)c3)c2C=O)n1. The van der Waals surface area contributed by atoms with Crippen LogP contribution in [0.2, 0.25) is 0 Å². The lowest BCUT2D eigenvalue weighted by Crippen LogP contribution is -2.00. The fourth-order valence-electron chi connectivity index (χ4n) is 2.40. The number of aldehydes is 1. The topological polar surface area (TPSA) is 70.5 Å². The lowest BCUT2D eigenvalue weighted by molar-refractivity contribution is 0.112. The lowest BCUT2D eigenvalue weighted by atomic mass is 9.99. The van der Waals surface area contributed by atoms with Crippen LogP contribution in [0.1, 0.15) is 10.4 Å². The number of hydrogen-bond acceptors (Lipinski definition) is 6. The molecule has 0 aliphatic rings. The molecule has 0 saturated heterocycles. The molecule has 3 rings (SSSR count). The van der Waals surface area contributed by atoms with Gasteiger partial charge in [0.25, 0.3) is 0 Å². The van der Waals surface area contributed by atoms with Crippen molar-refractivity contribution in [3.8, 4) is 34.6 Å². The third kappa shape index (κ3) is 3.61. The number of carbonyl (C=O) groups excluding carboxylic acids is 1. The van der Waals surface area contributed by atoms with Crippen molar-refractivity contribution in [2.75, 3.05) is 14.2 Å². The Morgan fingerprint density at radius 2 is 1.65 bits per heavy atom. The van der Waals surface area contributed by atoms with Gasteiger partial charge in [0.2, 0.25) is 11.8 Å². The fourth-order valence-corrected chi connectivity index (χ4v) is 2.40. The molecule has 6 nitrogen and oxygen atoms in total. The van der Waals surface area contributed by atoms with Gasteiger partial charge in [-0.05, 0) is 29.3 Å². The van der Waals surface area contributed by atoms with E-state index in [2.05, 4.69) is 9.97 Å². The number of ether oxygens (including phenoxy) is 3. The summed E-state index contributed by atoms with van der Waals surface area (Å²) in [6.45, 7) is 0. The van der Waals surface area contributed by atoms with Crippen molar-refractivity contribution in [3.05, 3.63) is 59.9 Å². The molecule has 0 bridgehead atoms. The van der Waals surface area contributed by atoms with Crippen molar-refractivity contribution < 1.29 is 23.4 Å². The van der Waals surface area contributed by atoms with Crippen LogP contribution in [0.4, 0.5) is 4.39 Å². The number of benzene rings is 2. The Hall–Kier alpha value is -3.48. The summed E-state index contributed by atoms with van der Waals surface area (Å²) in [6, 6.07) is 12.4. The highest BCUT2D eigenvalue weighted by atomic mass is 19.1. The molecule has 1 heterocycles.